The molecule has 0 aliphatic heterocycles. The highest BCUT2D eigenvalue weighted by Gasteiger charge is 1.97. The maximum atomic E-state index is 10.5. The van der Waals surface area contributed by atoms with Gasteiger partial charge in [0.25, 0.3) is 5.24 Å². The van der Waals surface area contributed by atoms with Crippen molar-refractivity contribution < 1.29 is 4.79 Å². The second-order valence-corrected chi connectivity index (χ2v) is 2.48. The van der Waals surface area contributed by atoms with E-state index in [1.165, 1.54) is 0 Å². The maximum Gasteiger partial charge on any atom is 0.252 e. The van der Waals surface area contributed by atoms with Gasteiger partial charge in [0, 0.05) is 5.56 Å². The molecular weight excluding hydrogens is 196 g/mol. The van der Waals surface area contributed by atoms with Gasteiger partial charge in [-0.3, -0.25) is 4.79 Å². The molecule has 0 bridgehead atoms. The SMILES string of the molecule is CC.CC.Cc1ccc(C(=O)Cl)cc1. The molecule has 0 spiro atoms. The Morgan fingerprint density at radius 3 is 1.64 bits per heavy atom. The van der Waals surface area contributed by atoms with E-state index < -0.39 is 5.24 Å². The van der Waals surface area contributed by atoms with Crippen molar-refractivity contribution >= 4 is 16.8 Å². The molecule has 1 nitrogen and oxygen atoms in total. The lowest BCUT2D eigenvalue weighted by molar-refractivity contribution is 0.108. The van der Waals surface area contributed by atoms with Crippen LogP contribution in [0.25, 0.3) is 0 Å². The van der Waals surface area contributed by atoms with Gasteiger partial charge in [0.1, 0.15) is 0 Å². The largest absolute Gasteiger partial charge is 0.276 e. The summed E-state index contributed by atoms with van der Waals surface area (Å²) in [6.07, 6.45) is 0. The molecule has 0 N–H and O–H groups in total. The highest BCUT2D eigenvalue weighted by Crippen LogP contribution is 2.05. The van der Waals surface area contributed by atoms with Crippen molar-refractivity contribution in [3.05, 3.63) is 35.4 Å². The minimum absolute atomic E-state index is 0.403. The van der Waals surface area contributed by atoms with E-state index in [0.717, 1.165) is 5.56 Å². The molecular formula is C12H19ClO. The molecule has 1 rings (SSSR count). The Morgan fingerprint density at radius 2 is 1.36 bits per heavy atom. The number of halogens is 1. The minimum atomic E-state index is -0.403. The van der Waals surface area contributed by atoms with Gasteiger partial charge in [0.15, 0.2) is 0 Å². The van der Waals surface area contributed by atoms with Crippen LogP contribution < -0.4 is 0 Å². The van der Waals surface area contributed by atoms with Crippen molar-refractivity contribution in [2.24, 2.45) is 0 Å². The lowest BCUT2D eigenvalue weighted by Crippen LogP contribution is -1.86. The van der Waals surface area contributed by atoms with E-state index in [4.69, 9.17) is 11.6 Å². The second-order valence-electron chi connectivity index (χ2n) is 2.14. The third-order valence-electron chi connectivity index (χ3n) is 1.28. The molecule has 80 valence electrons. The summed E-state index contributed by atoms with van der Waals surface area (Å²) in [5, 5.41) is -0.403. The van der Waals surface area contributed by atoms with Crippen LogP contribution in [0.4, 0.5) is 0 Å². The Labute approximate surface area is 92.1 Å². The van der Waals surface area contributed by atoms with Crippen molar-refractivity contribution in [1.29, 1.82) is 0 Å². The first kappa shape index (κ1) is 15.6. The first-order chi connectivity index (χ1) is 6.70. The molecule has 0 aliphatic rings. The van der Waals surface area contributed by atoms with E-state index in [-0.39, 0.29) is 0 Å². The topological polar surface area (TPSA) is 17.1 Å². The van der Waals surface area contributed by atoms with Gasteiger partial charge >= 0.3 is 0 Å². The molecule has 14 heavy (non-hydrogen) atoms. The lowest BCUT2D eigenvalue weighted by atomic mass is 10.2. The van der Waals surface area contributed by atoms with Crippen molar-refractivity contribution in [2.75, 3.05) is 0 Å². The number of carbonyl (C=O) groups is 1. The van der Waals surface area contributed by atoms with E-state index in [2.05, 4.69) is 0 Å². The van der Waals surface area contributed by atoms with Crippen LogP contribution in [0, 0.1) is 6.92 Å². The summed E-state index contributed by atoms with van der Waals surface area (Å²) < 4.78 is 0. The average molecular weight is 215 g/mol. The normalized spacial score (nSPS) is 7.57. The molecule has 0 saturated heterocycles. The summed E-state index contributed by atoms with van der Waals surface area (Å²) in [5.41, 5.74) is 1.67. The molecule has 0 aromatic heterocycles. The number of benzene rings is 1. The predicted octanol–water partition coefficient (Wildman–Crippen LogP) is 4.43. The molecule has 2 heteroatoms. The zero-order chi connectivity index (χ0) is 11.6. The van der Waals surface area contributed by atoms with Crippen LogP contribution in [0.1, 0.15) is 43.6 Å². The number of hydrogen-bond donors (Lipinski definition) is 0. The average Bonchev–Trinajstić information content (AvgIpc) is 2.24. The highest BCUT2D eigenvalue weighted by atomic mass is 35.5. The summed E-state index contributed by atoms with van der Waals surface area (Å²) in [6.45, 7) is 9.96. The third-order valence-corrected chi connectivity index (χ3v) is 1.50. The Morgan fingerprint density at radius 1 is 1.00 bits per heavy atom. The van der Waals surface area contributed by atoms with Crippen molar-refractivity contribution in [1.82, 2.24) is 0 Å². The van der Waals surface area contributed by atoms with Gasteiger partial charge < -0.3 is 0 Å². The highest BCUT2D eigenvalue weighted by molar-refractivity contribution is 6.67. The number of carbonyl (C=O) groups excluding carboxylic acids is 1. The van der Waals surface area contributed by atoms with Crippen molar-refractivity contribution in [3.8, 4) is 0 Å². The fourth-order valence-corrected chi connectivity index (χ4v) is 0.811. The van der Waals surface area contributed by atoms with Gasteiger partial charge in [-0.25, -0.2) is 0 Å². The van der Waals surface area contributed by atoms with Crippen LogP contribution >= 0.6 is 11.6 Å². The van der Waals surface area contributed by atoms with Crippen LogP contribution in [0.2, 0.25) is 0 Å². The first-order valence-corrected chi connectivity index (χ1v) is 5.34. The van der Waals surface area contributed by atoms with Crippen LogP contribution in [-0.2, 0) is 0 Å². The summed E-state index contributed by atoms with van der Waals surface area (Å²) in [7, 11) is 0. The van der Waals surface area contributed by atoms with Gasteiger partial charge in [0.05, 0.1) is 0 Å². The minimum Gasteiger partial charge on any atom is -0.276 e. The molecule has 0 atom stereocenters. The van der Waals surface area contributed by atoms with Gasteiger partial charge in [-0.1, -0.05) is 45.4 Å². The number of rotatable bonds is 1. The van der Waals surface area contributed by atoms with Crippen molar-refractivity contribution in [2.45, 2.75) is 34.6 Å². The van der Waals surface area contributed by atoms with E-state index in [1.54, 1.807) is 12.1 Å². The summed E-state index contributed by atoms with van der Waals surface area (Å²) in [4.78, 5) is 10.5. The first-order valence-electron chi connectivity index (χ1n) is 4.96. The third kappa shape index (κ3) is 6.67. The van der Waals surface area contributed by atoms with Crippen LogP contribution in [0.3, 0.4) is 0 Å². The smallest absolute Gasteiger partial charge is 0.252 e. The molecule has 0 heterocycles. The molecule has 0 fully saturated rings. The van der Waals surface area contributed by atoms with E-state index in [1.807, 2.05) is 46.8 Å². The van der Waals surface area contributed by atoms with Gasteiger partial charge in [-0.05, 0) is 30.7 Å². The molecule has 0 saturated carbocycles. The number of aryl methyl sites for hydroxylation is 1. The number of hydrogen-bond acceptors (Lipinski definition) is 1. The second kappa shape index (κ2) is 10.3. The fourth-order valence-electron chi connectivity index (χ4n) is 0.685. The van der Waals surface area contributed by atoms with E-state index in [0.29, 0.717) is 5.56 Å². The van der Waals surface area contributed by atoms with Crippen molar-refractivity contribution in [3.63, 3.8) is 0 Å². The predicted molar refractivity (Wildman–Crippen MR) is 64.1 cm³/mol. The molecule has 0 unspecified atom stereocenters. The van der Waals surface area contributed by atoms with E-state index >= 15 is 0 Å². The van der Waals surface area contributed by atoms with Crippen LogP contribution in [-0.4, -0.2) is 5.24 Å². The Kier molecular flexibility index (Phi) is 11.5. The molecule has 1 aromatic rings. The van der Waals surface area contributed by atoms with Gasteiger partial charge in [-0.15, -0.1) is 0 Å². The monoisotopic (exact) mass is 214 g/mol. The summed E-state index contributed by atoms with van der Waals surface area (Å²) >= 11 is 5.22. The van der Waals surface area contributed by atoms with Crippen LogP contribution in [0.15, 0.2) is 24.3 Å². The van der Waals surface area contributed by atoms with E-state index in [9.17, 15) is 4.79 Å². The maximum absolute atomic E-state index is 10.5. The van der Waals surface area contributed by atoms with Gasteiger partial charge in [0.2, 0.25) is 0 Å². The fraction of sp³-hybridized carbons (Fsp3) is 0.417. The zero-order valence-electron chi connectivity index (χ0n) is 9.60. The Balaban J connectivity index is 0. The molecule has 1 aromatic carbocycles. The Bertz CT molecular complexity index is 239. The summed E-state index contributed by atoms with van der Waals surface area (Å²) in [6, 6.07) is 7.14. The molecule has 0 radical (unpaired) electrons. The Hall–Kier alpha value is -0.820. The zero-order valence-corrected chi connectivity index (χ0v) is 10.4. The molecule has 0 aliphatic carbocycles. The quantitative estimate of drug-likeness (QED) is 0.633. The van der Waals surface area contributed by atoms with Crippen LogP contribution in [0.5, 0.6) is 0 Å². The molecule has 0 amide bonds. The standard InChI is InChI=1S/C8H7ClO.2C2H6/c1-6-2-4-7(5-3-6)8(9)10;2*1-2/h2-5H,1H3;2*1-2H3. The summed E-state index contributed by atoms with van der Waals surface area (Å²) in [5.74, 6) is 0. The van der Waals surface area contributed by atoms with Gasteiger partial charge in [-0.2, -0.15) is 0 Å². The lowest BCUT2D eigenvalue weighted by Gasteiger charge is -1.92.